The van der Waals surface area contributed by atoms with Crippen molar-refractivity contribution in [3.63, 3.8) is 0 Å². The number of hydrogen-bond donors (Lipinski definition) is 0. The van der Waals surface area contributed by atoms with Crippen molar-refractivity contribution in [3.8, 4) is 11.5 Å². The number of nitro groups is 1. The second-order valence-electron chi connectivity index (χ2n) is 5.46. The van der Waals surface area contributed by atoms with E-state index in [2.05, 4.69) is 0 Å². The zero-order valence-corrected chi connectivity index (χ0v) is 15.5. The highest BCUT2D eigenvalue weighted by Gasteiger charge is 2.22. The molecule has 2 aromatic rings. The number of unbranched alkanes of at least 4 members (excludes halogenated alkanes) is 2. The molecule has 0 aliphatic carbocycles. The van der Waals surface area contributed by atoms with Crippen LogP contribution in [0.1, 0.15) is 36.5 Å². The molecule has 6 nitrogen and oxygen atoms in total. The molecule has 0 saturated heterocycles. The Balaban J connectivity index is 2.24. The summed E-state index contributed by atoms with van der Waals surface area (Å²) >= 11 is 11.9. The second-order valence-corrected chi connectivity index (χ2v) is 6.30. The number of carbonyl (C=O) groups excluding carboxylic acids is 1. The van der Waals surface area contributed by atoms with Gasteiger partial charge in [0.2, 0.25) is 0 Å². The highest BCUT2D eigenvalue weighted by atomic mass is 35.5. The topological polar surface area (TPSA) is 78.7 Å². The maximum absolute atomic E-state index is 12.2. The van der Waals surface area contributed by atoms with Gasteiger partial charge in [-0.3, -0.25) is 10.1 Å². The molecule has 0 unspecified atom stereocenters. The first kappa shape index (κ1) is 20.0. The van der Waals surface area contributed by atoms with Crippen molar-refractivity contribution in [2.75, 3.05) is 6.61 Å². The minimum Gasteiger partial charge on any atom is -0.462 e. The maximum atomic E-state index is 12.2. The van der Waals surface area contributed by atoms with Crippen LogP contribution < -0.4 is 4.74 Å². The lowest BCUT2D eigenvalue weighted by molar-refractivity contribution is -0.385. The third-order valence-corrected chi connectivity index (χ3v) is 4.02. The van der Waals surface area contributed by atoms with Gasteiger partial charge in [0.25, 0.3) is 5.69 Å². The summed E-state index contributed by atoms with van der Waals surface area (Å²) in [4.78, 5) is 22.8. The number of esters is 1. The Morgan fingerprint density at radius 3 is 2.58 bits per heavy atom. The van der Waals surface area contributed by atoms with E-state index in [0.29, 0.717) is 17.2 Å². The minimum atomic E-state index is -0.763. The number of ether oxygens (including phenoxy) is 2. The Bertz CT molecular complexity index is 810. The fraction of sp³-hybridized carbons (Fsp3) is 0.278. The minimum absolute atomic E-state index is 0.172. The van der Waals surface area contributed by atoms with E-state index in [1.807, 2.05) is 6.92 Å². The van der Waals surface area contributed by atoms with E-state index >= 15 is 0 Å². The lowest BCUT2D eigenvalue weighted by atomic mass is 10.1. The van der Waals surface area contributed by atoms with Gasteiger partial charge in [0.05, 0.1) is 16.6 Å². The van der Waals surface area contributed by atoms with Gasteiger partial charge in [-0.05, 0) is 30.7 Å². The third-order valence-electron chi connectivity index (χ3n) is 3.49. The van der Waals surface area contributed by atoms with E-state index in [0.717, 1.165) is 12.8 Å². The van der Waals surface area contributed by atoms with Gasteiger partial charge >= 0.3 is 5.97 Å². The van der Waals surface area contributed by atoms with Gasteiger partial charge in [0, 0.05) is 17.2 Å². The average molecular weight is 398 g/mol. The van der Waals surface area contributed by atoms with Gasteiger partial charge in [-0.2, -0.15) is 0 Å². The van der Waals surface area contributed by atoms with Gasteiger partial charge in [0.15, 0.2) is 0 Å². The summed E-state index contributed by atoms with van der Waals surface area (Å²) in [5.41, 5.74) is -0.519. The Hall–Kier alpha value is -2.31. The number of nitrogens with zero attached hydrogens (tertiary/aromatic N) is 1. The van der Waals surface area contributed by atoms with Crippen molar-refractivity contribution >= 4 is 34.9 Å². The fourth-order valence-electron chi connectivity index (χ4n) is 2.18. The fourth-order valence-corrected chi connectivity index (χ4v) is 2.63. The monoisotopic (exact) mass is 397 g/mol. The smallest absolute Gasteiger partial charge is 0.345 e. The van der Waals surface area contributed by atoms with E-state index in [-0.39, 0.29) is 28.6 Å². The number of halogens is 2. The quantitative estimate of drug-likeness (QED) is 0.234. The molecular weight excluding hydrogens is 381 g/mol. The lowest BCUT2D eigenvalue weighted by Crippen LogP contribution is -2.09. The summed E-state index contributed by atoms with van der Waals surface area (Å²) < 4.78 is 10.7. The SMILES string of the molecule is CCCCCOC(=O)c1cc(Oc2ccc(Cl)cc2Cl)ccc1[N+](=O)[O-]. The first-order valence-electron chi connectivity index (χ1n) is 8.01. The van der Waals surface area contributed by atoms with Crippen LogP contribution in [-0.4, -0.2) is 17.5 Å². The van der Waals surface area contributed by atoms with Gasteiger partial charge in [-0.15, -0.1) is 0 Å². The van der Waals surface area contributed by atoms with E-state index in [9.17, 15) is 14.9 Å². The molecule has 0 fully saturated rings. The zero-order chi connectivity index (χ0) is 19.1. The van der Waals surface area contributed by atoms with E-state index in [4.69, 9.17) is 32.7 Å². The van der Waals surface area contributed by atoms with Gasteiger partial charge in [-0.25, -0.2) is 4.79 Å². The van der Waals surface area contributed by atoms with Crippen molar-refractivity contribution in [1.82, 2.24) is 0 Å². The summed E-state index contributed by atoms with van der Waals surface area (Å²) in [6.45, 7) is 2.23. The van der Waals surface area contributed by atoms with Crippen molar-refractivity contribution in [1.29, 1.82) is 0 Å². The molecule has 0 bridgehead atoms. The Labute approximate surface area is 160 Å². The molecule has 0 radical (unpaired) electrons. The molecule has 0 aliphatic heterocycles. The second kappa shape index (κ2) is 9.40. The van der Waals surface area contributed by atoms with Crippen LogP contribution in [0, 0.1) is 10.1 Å². The molecule has 2 aromatic carbocycles. The van der Waals surface area contributed by atoms with Crippen molar-refractivity contribution in [2.24, 2.45) is 0 Å². The Morgan fingerprint density at radius 1 is 1.15 bits per heavy atom. The predicted molar refractivity (Wildman–Crippen MR) is 99.4 cm³/mol. The predicted octanol–water partition coefficient (Wildman–Crippen LogP) is 6.04. The molecule has 0 N–H and O–H groups in total. The van der Waals surface area contributed by atoms with Crippen LogP contribution in [0.15, 0.2) is 36.4 Å². The first-order valence-corrected chi connectivity index (χ1v) is 8.76. The van der Waals surface area contributed by atoms with Crippen LogP contribution >= 0.6 is 23.2 Å². The number of carbonyl (C=O) groups is 1. The molecule has 0 heterocycles. The Morgan fingerprint density at radius 2 is 1.92 bits per heavy atom. The molecule has 0 saturated carbocycles. The largest absolute Gasteiger partial charge is 0.462 e. The molecule has 0 atom stereocenters. The van der Waals surface area contributed by atoms with Crippen molar-refractivity contribution in [3.05, 3.63) is 62.1 Å². The molecule has 2 rings (SSSR count). The maximum Gasteiger partial charge on any atom is 0.345 e. The molecule has 26 heavy (non-hydrogen) atoms. The van der Waals surface area contributed by atoms with Crippen LogP contribution in [0.5, 0.6) is 11.5 Å². The molecular formula is C18H17Cl2NO5. The number of benzene rings is 2. The third kappa shape index (κ3) is 5.34. The zero-order valence-electron chi connectivity index (χ0n) is 14.0. The number of hydrogen-bond acceptors (Lipinski definition) is 5. The van der Waals surface area contributed by atoms with Crippen molar-refractivity contribution < 1.29 is 19.2 Å². The Kier molecular flexibility index (Phi) is 7.24. The van der Waals surface area contributed by atoms with Crippen LogP contribution in [0.2, 0.25) is 10.0 Å². The molecule has 0 spiro atoms. The highest BCUT2D eigenvalue weighted by Crippen LogP contribution is 2.33. The first-order chi connectivity index (χ1) is 12.4. The van der Waals surface area contributed by atoms with Gasteiger partial charge in [0.1, 0.15) is 17.1 Å². The lowest BCUT2D eigenvalue weighted by Gasteiger charge is -2.10. The standard InChI is InChI=1S/C18H17Cl2NO5/c1-2-3-4-9-25-18(22)14-11-13(6-7-16(14)21(23)24)26-17-8-5-12(19)10-15(17)20/h5-8,10-11H,2-4,9H2,1H3. The summed E-state index contributed by atoms with van der Waals surface area (Å²) in [5, 5.41) is 11.9. The number of nitro benzene ring substituents is 1. The van der Waals surface area contributed by atoms with E-state index < -0.39 is 10.9 Å². The van der Waals surface area contributed by atoms with Crippen LogP contribution in [0.3, 0.4) is 0 Å². The summed E-state index contributed by atoms with van der Waals surface area (Å²) in [6.07, 6.45) is 2.59. The molecule has 138 valence electrons. The van der Waals surface area contributed by atoms with Gasteiger partial charge in [-0.1, -0.05) is 43.0 Å². The van der Waals surface area contributed by atoms with Crippen LogP contribution in [0.25, 0.3) is 0 Å². The van der Waals surface area contributed by atoms with Crippen LogP contribution in [0.4, 0.5) is 5.69 Å². The summed E-state index contributed by atoms with van der Waals surface area (Å²) in [6, 6.07) is 8.52. The summed E-state index contributed by atoms with van der Waals surface area (Å²) in [7, 11) is 0. The molecule has 0 aromatic heterocycles. The van der Waals surface area contributed by atoms with Crippen LogP contribution in [-0.2, 0) is 4.74 Å². The highest BCUT2D eigenvalue weighted by molar-refractivity contribution is 6.35. The molecule has 8 heteroatoms. The summed E-state index contributed by atoms with van der Waals surface area (Å²) in [5.74, 6) is -0.229. The van der Waals surface area contributed by atoms with Gasteiger partial charge < -0.3 is 9.47 Å². The van der Waals surface area contributed by atoms with E-state index in [1.165, 1.54) is 24.3 Å². The molecule has 0 aliphatic rings. The average Bonchev–Trinajstić information content (AvgIpc) is 2.60. The number of rotatable bonds is 8. The molecule has 0 amide bonds. The normalized spacial score (nSPS) is 10.4. The van der Waals surface area contributed by atoms with E-state index in [1.54, 1.807) is 12.1 Å². The van der Waals surface area contributed by atoms with Crippen molar-refractivity contribution in [2.45, 2.75) is 26.2 Å².